The number of hydrogen-bond acceptors (Lipinski definition) is 2. The lowest BCUT2D eigenvalue weighted by Gasteiger charge is -2.28. The van der Waals surface area contributed by atoms with Crippen LogP contribution in [0.1, 0.15) is 78.6 Å². The Hall–Kier alpha value is -2.13. The van der Waals surface area contributed by atoms with Gasteiger partial charge in [0.25, 0.3) is 0 Å². The van der Waals surface area contributed by atoms with Crippen LogP contribution in [0.25, 0.3) is 0 Å². The smallest absolute Gasteiger partial charge is 0.244 e. The van der Waals surface area contributed by atoms with E-state index in [0.717, 1.165) is 57.8 Å². The predicted octanol–water partition coefficient (Wildman–Crippen LogP) is 6.74. The van der Waals surface area contributed by atoms with E-state index in [9.17, 15) is 9.90 Å². The Kier molecular flexibility index (Phi) is 18.7. The molecule has 1 unspecified atom stereocenters. The van der Waals surface area contributed by atoms with Crippen molar-refractivity contribution in [2.24, 2.45) is 0 Å². The summed E-state index contributed by atoms with van der Waals surface area (Å²) in [7, 11) is 0. The van der Waals surface area contributed by atoms with Crippen molar-refractivity contribution in [3.05, 3.63) is 72.9 Å². The summed E-state index contributed by atoms with van der Waals surface area (Å²) in [4.78, 5) is 12.0. The van der Waals surface area contributed by atoms with Crippen LogP contribution in [-0.2, 0) is 4.79 Å². The zero-order valence-corrected chi connectivity index (χ0v) is 19.4. The van der Waals surface area contributed by atoms with Gasteiger partial charge in [-0.3, -0.25) is 4.79 Å². The van der Waals surface area contributed by atoms with Crippen molar-refractivity contribution in [2.75, 3.05) is 6.54 Å². The summed E-state index contributed by atoms with van der Waals surface area (Å²) in [6, 6.07) is 0. The third-order valence-corrected chi connectivity index (χ3v) is 4.71. The first-order valence-electron chi connectivity index (χ1n) is 11.5. The first kappa shape index (κ1) is 27.9. The van der Waals surface area contributed by atoms with Gasteiger partial charge in [-0.1, -0.05) is 113 Å². The highest BCUT2D eigenvalue weighted by Gasteiger charge is 2.25. The van der Waals surface area contributed by atoms with Crippen LogP contribution in [0.2, 0.25) is 0 Å². The van der Waals surface area contributed by atoms with Gasteiger partial charge in [-0.05, 0) is 32.6 Å². The van der Waals surface area contributed by atoms with Gasteiger partial charge in [-0.2, -0.15) is 0 Å². The normalized spacial score (nSPS) is 14.9. The minimum atomic E-state index is -0.784. The van der Waals surface area contributed by atoms with Gasteiger partial charge >= 0.3 is 0 Å². The Morgan fingerprint density at radius 1 is 0.800 bits per heavy atom. The number of amides is 1. The molecule has 0 aromatic carbocycles. The fourth-order valence-corrected chi connectivity index (χ4v) is 2.87. The van der Waals surface area contributed by atoms with E-state index < -0.39 is 5.60 Å². The number of carbonyl (C=O) groups excluding carboxylic acids is 1. The molecule has 0 saturated heterocycles. The zero-order valence-electron chi connectivity index (χ0n) is 19.4. The van der Waals surface area contributed by atoms with Gasteiger partial charge in [-0.15, -0.1) is 0 Å². The van der Waals surface area contributed by atoms with Crippen molar-refractivity contribution in [1.29, 1.82) is 0 Å². The molecule has 3 nitrogen and oxygen atoms in total. The molecule has 1 amide bonds. The SMILES string of the molecule is CC=CC=CC=CC=CCCC=CC=CC(=O)NCC(O)(CCCC)CCCCC. The monoisotopic (exact) mass is 413 g/mol. The second-order valence-electron chi connectivity index (χ2n) is 7.59. The van der Waals surface area contributed by atoms with Crippen LogP contribution < -0.4 is 5.32 Å². The van der Waals surface area contributed by atoms with Crippen LogP contribution >= 0.6 is 0 Å². The van der Waals surface area contributed by atoms with Gasteiger partial charge in [0, 0.05) is 12.6 Å². The average molecular weight is 414 g/mol. The van der Waals surface area contributed by atoms with E-state index in [2.05, 4.69) is 25.2 Å². The number of nitrogens with one attached hydrogen (secondary N) is 1. The van der Waals surface area contributed by atoms with Crippen molar-refractivity contribution in [3.8, 4) is 0 Å². The molecule has 0 bridgehead atoms. The van der Waals surface area contributed by atoms with Crippen molar-refractivity contribution >= 4 is 5.91 Å². The van der Waals surface area contributed by atoms with E-state index >= 15 is 0 Å². The Balaban J connectivity index is 4.15. The number of carbonyl (C=O) groups is 1. The fourth-order valence-electron chi connectivity index (χ4n) is 2.87. The topological polar surface area (TPSA) is 49.3 Å². The first-order valence-corrected chi connectivity index (χ1v) is 11.5. The second kappa shape index (κ2) is 20.2. The number of rotatable bonds is 17. The quantitative estimate of drug-likeness (QED) is 0.157. The highest BCUT2D eigenvalue weighted by molar-refractivity contribution is 5.87. The van der Waals surface area contributed by atoms with Crippen LogP contribution in [0.5, 0.6) is 0 Å². The van der Waals surface area contributed by atoms with Crippen molar-refractivity contribution in [2.45, 2.75) is 84.2 Å². The first-order chi connectivity index (χ1) is 14.6. The van der Waals surface area contributed by atoms with E-state index in [1.807, 2.05) is 61.6 Å². The lowest BCUT2D eigenvalue weighted by atomic mass is 9.90. The molecule has 0 aliphatic carbocycles. The summed E-state index contributed by atoms with van der Waals surface area (Å²) in [5, 5.41) is 13.7. The molecule has 0 spiro atoms. The van der Waals surface area contributed by atoms with E-state index in [1.165, 1.54) is 6.08 Å². The van der Waals surface area contributed by atoms with Crippen molar-refractivity contribution in [1.82, 2.24) is 5.32 Å². The summed E-state index contributed by atoms with van der Waals surface area (Å²) in [6.45, 7) is 6.60. The number of allylic oxidation sites excluding steroid dienone is 11. The van der Waals surface area contributed by atoms with Crippen LogP contribution in [0.3, 0.4) is 0 Å². The molecular formula is C27H43NO2. The summed E-state index contributed by atoms with van der Waals surface area (Å²) in [5.74, 6) is -0.152. The van der Waals surface area contributed by atoms with Gasteiger partial charge in [0.2, 0.25) is 5.91 Å². The maximum Gasteiger partial charge on any atom is 0.244 e. The van der Waals surface area contributed by atoms with Gasteiger partial charge < -0.3 is 10.4 Å². The van der Waals surface area contributed by atoms with Crippen molar-refractivity contribution < 1.29 is 9.90 Å². The van der Waals surface area contributed by atoms with E-state index in [4.69, 9.17) is 0 Å². The minimum Gasteiger partial charge on any atom is -0.388 e. The molecule has 0 aromatic heterocycles. The fraction of sp³-hybridized carbons (Fsp3) is 0.519. The van der Waals surface area contributed by atoms with Crippen LogP contribution in [0.4, 0.5) is 0 Å². The maximum atomic E-state index is 12.0. The number of aliphatic hydroxyl groups is 1. The molecule has 30 heavy (non-hydrogen) atoms. The lowest BCUT2D eigenvalue weighted by Crippen LogP contribution is -2.42. The molecular weight excluding hydrogens is 370 g/mol. The minimum absolute atomic E-state index is 0.152. The maximum absolute atomic E-state index is 12.0. The van der Waals surface area contributed by atoms with Gasteiger partial charge in [0.15, 0.2) is 0 Å². The highest BCUT2D eigenvalue weighted by Crippen LogP contribution is 2.21. The second-order valence-corrected chi connectivity index (χ2v) is 7.59. The van der Waals surface area contributed by atoms with Crippen molar-refractivity contribution in [3.63, 3.8) is 0 Å². The number of hydrogen-bond donors (Lipinski definition) is 2. The average Bonchev–Trinajstić information content (AvgIpc) is 2.74. The van der Waals surface area contributed by atoms with E-state index in [-0.39, 0.29) is 5.91 Å². The predicted molar refractivity (Wildman–Crippen MR) is 131 cm³/mol. The summed E-state index contributed by atoms with van der Waals surface area (Å²) in [5.41, 5.74) is -0.784. The summed E-state index contributed by atoms with van der Waals surface area (Å²) in [6.07, 6.45) is 32.0. The third-order valence-electron chi connectivity index (χ3n) is 4.71. The van der Waals surface area contributed by atoms with Crippen LogP contribution in [0.15, 0.2) is 72.9 Å². The molecule has 0 rings (SSSR count). The Bertz CT molecular complexity index is 596. The summed E-state index contributed by atoms with van der Waals surface area (Å²) < 4.78 is 0. The summed E-state index contributed by atoms with van der Waals surface area (Å²) >= 11 is 0. The van der Waals surface area contributed by atoms with Crippen LogP contribution in [-0.4, -0.2) is 23.2 Å². The molecule has 2 N–H and O–H groups in total. The Morgan fingerprint density at radius 3 is 2.00 bits per heavy atom. The van der Waals surface area contributed by atoms with Crippen LogP contribution in [0, 0.1) is 0 Å². The Labute approximate surface area is 185 Å². The molecule has 0 saturated carbocycles. The van der Waals surface area contributed by atoms with Gasteiger partial charge in [-0.25, -0.2) is 0 Å². The largest absolute Gasteiger partial charge is 0.388 e. The standard InChI is InChI=1S/C27H43NO2/c1-4-7-10-11-12-13-14-15-16-17-18-19-20-22-26(29)28-25-27(30,23-9-6-3)24-21-8-5-2/h4,7,10-15,18-20,22,30H,5-6,8-9,16-17,21,23-25H2,1-3H3,(H,28,29). The molecule has 0 aliphatic heterocycles. The molecule has 3 heteroatoms. The molecule has 0 aromatic rings. The molecule has 0 aliphatic rings. The Morgan fingerprint density at radius 2 is 1.37 bits per heavy atom. The van der Waals surface area contributed by atoms with E-state index in [0.29, 0.717) is 6.54 Å². The molecule has 1 atom stereocenters. The van der Waals surface area contributed by atoms with Gasteiger partial charge in [0.05, 0.1) is 5.60 Å². The highest BCUT2D eigenvalue weighted by atomic mass is 16.3. The molecule has 0 heterocycles. The molecule has 0 radical (unpaired) electrons. The number of unbranched alkanes of at least 4 members (excludes halogenated alkanes) is 4. The third kappa shape index (κ3) is 17.9. The molecule has 0 fully saturated rings. The van der Waals surface area contributed by atoms with E-state index in [1.54, 1.807) is 6.08 Å². The van der Waals surface area contributed by atoms with Gasteiger partial charge in [0.1, 0.15) is 0 Å². The lowest BCUT2D eigenvalue weighted by molar-refractivity contribution is -0.118. The molecule has 168 valence electrons. The zero-order chi connectivity index (χ0) is 22.3.